The Balaban J connectivity index is 2.04. The number of hydrogen-bond acceptors (Lipinski definition) is 4. The normalized spacial score (nSPS) is 10.2. The summed E-state index contributed by atoms with van der Waals surface area (Å²) >= 11 is 8.59. The predicted octanol–water partition coefficient (Wildman–Crippen LogP) is 4.96. The molecule has 7 heteroatoms. The lowest BCUT2D eigenvalue weighted by atomic mass is 10.1. The minimum absolute atomic E-state index is 0.0114. The molecule has 0 unspecified atom stereocenters. The molecule has 2 N–H and O–H groups in total. The molecule has 2 rings (SSSR count). The molecule has 0 heterocycles. The van der Waals surface area contributed by atoms with Crippen LogP contribution in [0.5, 0.6) is 5.75 Å². The Labute approximate surface area is 172 Å². The van der Waals surface area contributed by atoms with Crippen molar-refractivity contribution in [1.29, 1.82) is 0 Å². The van der Waals surface area contributed by atoms with Crippen LogP contribution in [0, 0.1) is 0 Å². The highest BCUT2D eigenvalue weighted by Crippen LogP contribution is 2.23. The van der Waals surface area contributed by atoms with E-state index in [1.807, 2.05) is 6.07 Å². The summed E-state index contributed by atoms with van der Waals surface area (Å²) in [4.78, 5) is 23.9. The first kappa shape index (κ1) is 21.1. The first-order valence-electron chi connectivity index (χ1n) is 8.56. The fraction of sp³-hybridized carbons (Fsp3) is 0.250. The van der Waals surface area contributed by atoms with E-state index in [4.69, 9.17) is 17.0 Å². The minimum Gasteiger partial charge on any atom is -0.493 e. The van der Waals surface area contributed by atoms with Gasteiger partial charge in [0, 0.05) is 15.7 Å². The van der Waals surface area contributed by atoms with Crippen molar-refractivity contribution in [3.05, 3.63) is 58.1 Å². The lowest BCUT2D eigenvalue weighted by Crippen LogP contribution is -2.34. The third-order valence-corrected chi connectivity index (χ3v) is 4.42. The fourth-order valence-electron chi connectivity index (χ4n) is 2.25. The Morgan fingerprint density at radius 2 is 1.85 bits per heavy atom. The van der Waals surface area contributed by atoms with Crippen LogP contribution < -0.4 is 15.4 Å². The molecule has 0 aliphatic carbocycles. The summed E-state index contributed by atoms with van der Waals surface area (Å²) in [5.41, 5.74) is 1.69. The van der Waals surface area contributed by atoms with Crippen molar-refractivity contribution in [2.75, 3.05) is 11.9 Å². The van der Waals surface area contributed by atoms with E-state index in [1.54, 1.807) is 36.4 Å². The zero-order valence-corrected chi connectivity index (χ0v) is 17.6. The molecule has 0 aromatic heterocycles. The maximum absolute atomic E-state index is 12.6. The quantitative estimate of drug-likeness (QED) is 0.356. The SMILES string of the molecule is CCCCOc1ccc(Br)cc1C(=O)NC(=S)Nc1ccc(C(C)=O)cc1. The Morgan fingerprint density at radius 3 is 2.48 bits per heavy atom. The molecule has 0 radical (unpaired) electrons. The molecule has 2 aromatic rings. The van der Waals surface area contributed by atoms with Gasteiger partial charge < -0.3 is 10.1 Å². The highest BCUT2D eigenvalue weighted by molar-refractivity contribution is 9.10. The van der Waals surface area contributed by atoms with Crippen LogP contribution in [0.25, 0.3) is 0 Å². The van der Waals surface area contributed by atoms with Crippen molar-refractivity contribution >= 4 is 50.6 Å². The average molecular weight is 449 g/mol. The summed E-state index contributed by atoms with van der Waals surface area (Å²) < 4.78 is 6.48. The van der Waals surface area contributed by atoms with E-state index in [2.05, 4.69) is 33.5 Å². The molecule has 27 heavy (non-hydrogen) atoms. The van der Waals surface area contributed by atoms with E-state index in [9.17, 15) is 9.59 Å². The van der Waals surface area contributed by atoms with Gasteiger partial charge in [0.15, 0.2) is 10.9 Å². The van der Waals surface area contributed by atoms with E-state index in [1.165, 1.54) is 6.92 Å². The van der Waals surface area contributed by atoms with Crippen LogP contribution in [0.15, 0.2) is 46.9 Å². The number of anilines is 1. The molecule has 0 atom stereocenters. The van der Waals surface area contributed by atoms with Gasteiger partial charge in [0.05, 0.1) is 12.2 Å². The van der Waals surface area contributed by atoms with E-state index < -0.39 is 0 Å². The molecule has 2 aromatic carbocycles. The van der Waals surface area contributed by atoms with E-state index in [-0.39, 0.29) is 16.8 Å². The van der Waals surface area contributed by atoms with Gasteiger partial charge in [0.2, 0.25) is 0 Å². The highest BCUT2D eigenvalue weighted by atomic mass is 79.9. The summed E-state index contributed by atoms with van der Waals surface area (Å²) in [6, 6.07) is 12.1. The number of thiocarbonyl (C=S) groups is 1. The first-order valence-corrected chi connectivity index (χ1v) is 9.76. The number of carbonyl (C=O) groups is 2. The van der Waals surface area contributed by atoms with Gasteiger partial charge in [-0.15, -0.1) is 0 Å². The third-order valence-electron chi connectivity index (χ3n) is 3.72. The lowest BCUT2D eigenvalue weighted by Gasteiger charge is -2.13. The van der Waals surface area contributed by atoms with Gasteiger partial charge in [0.1, 0.15) is 5.75 Å². The van der Waals surface area contributed by atoms with Crippen LogP contribution in [0.1, 0.15) is 47.4 Å². The summed E-state index contributed by atoms with van der Waals surface area (Å²) in [7, 11) is 0. The molecule has 0 bridgehead atoms. The first-order chi connectivity index (χ1) is 12.9. The lowest BCUT2D eigenvalue weighted by molar-refractivity contribution is 0.0972. The number of unbranched alkanes of at least 4 members (excludes halogenated alkanes) is 1. The molecule has 0 aliphatic rings. The molecule has 5 nitrogen and oxygen atoms in total. The standard InChI is InChI=1S/C20H21BrN2O3S/c1-3-4-11-26-18-10-7-15(21)12-17(18)19(25)23-20(27)22-16-8-5-14(6-9-16)13(2)24/h5-10,12H,3-4,11H2,1-2H3,(H2,22,23,25,27). The number of ether oxygens (including phenoxy) is 1. The maximum Gasteiger partial charge on any atom is 0.261 e. The maximum atomic E-state index is 12.6. The van der Waals surface area contributed by atoms with Crippen LogP contribution in [0.2, 0.25) is 0 Å². The van der Waals surface area contributed by atoms with Gasteiger partial charge in [-0.2, -0.15) is 0 Å². The number of carbonyl (C=O) groups excluding carboxylic acids is 2. The Bertz CT molecular complexity index is 838. The second-order valence-corrected chi connectivity index (χ2v) is 7.21. The minimum atomic E-state index is -0.361. The summed E-state index contributed by atoms with van der Waals surface area (Å²) in [5.74, 6) is 0.140. The number of benzene rings is 2. The molecule has 0 aliphatic heterocycles. The van der Waals surface area contributed by atoms with Crippen LogP contribution in [0.4, 0.5) is 5.69 Å². The molecule has 0 saturated heterocycles. The molecule has 142 valence electrons. The zero-order valence-electron chi connectivity index (χ0n) is 15.2. The molecule has 0 fully saturated rings. The second kappa shape index (κ2) is 10.2. The summed E-state index contributed by atoms with van der Waals surface area (Å²) in [5, 5.41) is 5.75. The number of Topliss-reactive ketones (excluding diaryl/α,β-unsaturated/α-hetero) is 1. The number of ketones is 1. The van der Waals surface area contributed by atoms with Gasteiger partial charge in [-0.1, -0.05) is 29.3 Å². The van der Waals surface area contributed by atoms with E-state index in [0.29, 0.717) is 29.2 Å². The van der Waals surface area contributed by atoms with Gasteiger partial charge in [-0.3, -0.25) is 14.9 Å². The highest BCUT2D eigenvalue weighted by Gasteiger charge is 2.15. The zero-order chi connectivity index (χ0) is 19.8. The van der Waals surface area contributed by atoms with Crippen LogP contribution >= 0.6 is 28.1 Å². The average Bonchev–Trinajstić information content (AvgIpc) is 2.63. The van der Waals surface area contributed by atoms with Crippen molar-refractivity contribution in [2.24, 2.45) is 0 Å². The number of halogens is 1. The Morgan fingerprint density at radius 1 is 1.15 bits per heavy atom. The number of amides is 1. The molecule has 0 saturated carbocycles. The van der Waals surface area contributed by atoms with Gasteiger partial charge in [-0.25, -0.2) is 0 Å². The predicted molar refractivity (Wildman–Crippen MR) is 115 cm³/mol. The molecular weight excluding hydrogens is 428 g/mol. The third kappa shape index (κ3) is 6.45. The van der Waals surface area contributed by atoms with Crippen LogP contribution in [0.3, 0.4) is 0 Å². The van der Waals surface area contributed by atoms with Gasteiger partial charge in [-0.05, 0) is 68.0 Å². The van der Waals surface area contributed by atoms with E-state index >= 15 is 0 Å². The molecule has 0 spiro atoms. The largest absolute Gasteiger partial charge is 0.493 e. The van der Waals surface area contributed by atoms with Crippen molar-refractivity contribution in [3.63, 3.8) is 0 Å². The number of nitrogens with one attached hydrogen (secondary N) is 2. The molecule has 1 amide bonds. The molecular formula is C20H21BrN2O3S. The van der Waals surface area contributed by atoms with Crippen molar-refractivity contribution < 1.29 is 14.3 Å². The monoisotopic (exact) mass is 448 g/mol. The summed E-state index contributed by atoms with van der Waals surface area (Å²) in [6.45, 7) is 4.13. The van der Waals surface area contributed by atoms with Crippen LogP contribution in [-0.4, -0.2) is 23.4 Å². The van der Waals surface area contributed by atoms with Gasteiger partial charge >= 0.3 is 0 Å². The summed E-state index contributed by atoms with van der Waals surface area (Å²) in [6.07, 6.45) is 1.92. The van der Waals surface area contributed by atoms with Gasteiger partial charge in [0.25, 0.3) is 5.91 Å². The van der Waals surface area contributed by atoms with Crippen LogP contribution in [-0.2, 0) is 0 Å². The number of hydrogen-bond donors (Lipinski definition) is 2. The van der Waals surface area contributed by atoms with Crippen molar-refractivity contribution in [1.82, 2.24) is 5.32 Å². The van der Waals surface area contributed by atoms with Crippen molar-refractivity contribution in [2.45, 2.75) is 26.7 Å². The van der Waals surface area contributed by atoms with E-state index in [0.717, 1.165) is 17.3 Å². The Kier molecular flexibility index (Phi) is 7.94. The second-order valence-electron chi connectivity index (χ2n) is 5.88. The fourth-order valence-corrected chi connectivity index (χ4v) is 2.82. The smallest absolute Gasteiger partial charge is 0.261 e. The Hall–Kier alpha value is -2.25. The van der Waals surface area contributed by atoms with Crippen molar-refractivity contribution in [3.8, 4) is 5.75 Å². The number of rotatable bonds is 7. The topological polar surface area (TPSA) is 67.4 Å².